The first-order valence-corrected chi connectivity index (χ1v) is 10.7. The number of aromatic nitrogens is 1. The second-order valence-electron chi connectivity index (χ2n) is 7.41. The third kappa shape index (κ3) is 4.24. The smallest absolute Gasteiger partial charge is 0.356 e. The zero-order valence-corrected chi connectivity index (χ0v) is 17.6. The first-order valence-electron chi connectivity index (χ1n) is 9.84. The Balaban J connectivity index is 1.55. The van der Waals surface area contributed by atoms with Gasteiger partial charge in [-0.15, -0.1) is 11.3 Å². The summed E-state index contributed by atoms with van der Waals surface area (Å²) in [6, 6.07) is 9.15. The van der Waals surface area contributed by atoms with Gasteiger partial charge in [0.1, 0.15) is 11.5 Å². The molecule has 6 nitrogen and oxygen atoms in total. The predicted octanol–water partition coefficient (Wildman–Crippen LogP) is 3.88. The lowest BCUT2D eigenvalue weighted by Gasteiger charge is -2.19. The van der Waals surface area contributed by atoms with Gasteiger partial charge in [-0.2, -0.15) is 0 Å². The van der Waals surface area contributed by atoms with Crippen LogP contribution < -0.4 is 5.32 Å². The van der Waals surface area contributed by atoms with E-state index in [2.05, 4.69) is 5.32 Å². The van der Waals surface area contributed by atoms with E-state index in [0.29, 0.717) is 24.4 Å². The van der Waals surface area contributed by atoms with Crippen molar-refractivity contribution in [2.24, 2.45) is 7.05 Å². The van der Waals surface area contributed by atoms with Crippen LogP contribution in [0.3, 0.4) is 0 Å². The zero-order chi connectivity index (χ0) is 21.3. The number of hydrogen-bond donors (Lipinski definition) is 1. The van der Waals surface area contributed by atoms with Crippen molar-refractivity contribution in [3.8, 4) is 0 Å². The number of esters is 1. The molecule has 3 heterocycles. The molecule has 1 aromatic carbocycles. The molecule has 1 fully saturated rings. The number of benzene rings is 1. The Morgan fingerprint density at radius 2 is 2.10 bits per heavy atom. The molecule has 1 N–H and O–H groups in total. The number of rotatable bonds is 6. The summed E-state index contributed by atoms with van der Waals surface area (Å²) >= 11 is 1.59. The molecule has 1 aliphatic rings. The molecule has 0 aliphatic carbocycles. The lowest BCUT2D eigenvalue weighted by Crippen LogP contribution is -2.37. The van der Waals surface area contributed by atoms with Gasteiger partial charge in [-0.05, 0) is 44.0 Å². The second-order valence-corrected chi connectivity index (χ2v) is 8.70. The number of halogens is 1. The average molecular weight is 431 g/mol. The third-order valence-electron chi connectivity index (χ3n) is 5.23. The number of ether oxygens (including phenoxy) is 2. The maximum atomic E-state index is 13.4. The molecule has 30 heavy (non-hydrogen) atoms. The van der Waals surface area contributed by atoms with Crippen LogP contribution in [-0.4, -0.2) is 35.7 Å². The van der Waals surface area contributed by atoms with Crippen LogP contribution in [0.5, 0.6) is 0 Å². The molecule has 0 bridgehead atoms. The van der Waals surface area contributed by atoms with E-state index < -0.39 is 23.8 Å². The standard InChI is InChI=1S/C22H23FN2O4S/c1-13-10-17-19(30-13)11-18(25(17)2)22(27)29-20(14-5-7-15(23)8-6-14)21(26)24-12-16-4-3-9-28-16/h5-8,10-11,16,20H,3-4,9,12H2,1-2H3,(H,24,26). The van der Waals surface area contributed by atoms with E-state index in [1.165, 1.54) is 24.3 Å². The van der Waals surface area contributed by atoms with Crippen molar-refractivity contribution in [1.82, 2.24) is 9.88 Å². The lowest BCUT2D eigenvalue weighted by molar-refractivity contribution is -0.130. The predicted molar refractivity (Wildman–Crippen MR) is 112 cm³/mol. The molecule has 0 saturated carbocycles. The van der Waals surface area contributed by atoms with E-state index in [0.717, 1.165) is 27.9 Å². The van der Waals surface area contributed by atoms with E-state index in [-0.39, 0.29) is 6.10 Å². The quantitative estimate of drug-likeness (QED) is 0.603. The summed E-state index contributed by atoms with van der Waals surface area (Å²) in [5.41, 5.74) is 1.70. The topological polar surface area (TPSA) is 69.6 Å². The van der Waals surface area contributed by atoms with Gasteiger partial charge < -0.3 is 19.4 Å². The van der Waals surface area contributed by atoms with Crippen LogP contribution in [0.2, 0.25) is 0 Å². The maximum absolute atomic E-state index is 13.4. The number of nitrogens with one attached hydrogen (secondary N) is 1. The number of amides is 1. The number of carbonyl (C=O) groups excluding carboxylic acids is 2. The SMILES string of the molecule is Cc1cc2c(cc(C(=O)OC(C(=O)NCC3CCCO3)c3ccc(F)cc3)n2C)s1. The molecular formula is C22H23FN2O4S. The molecule has 3 aromatic rings. The minimum atomic E-state index is -1.19. The molecule has 4 rings (SSSR count). The summed E-state index contributed by atoms with van der Waals surface area (Å²) in [5.74, 6) is -1.50. The molecule has 0 radical (unpaired) electrons. The minimum Gasteiger partial charge on any atom is -0.443 e. The monoisotopic (exact) mass is 430 g/mol. The van der Waals surface area contributed by atoms with Gasteiger partial charge in [0.05, 0.1) is 16.3 Å². The summed E-state index contributed by atoms with van der Waals surface area (Å²) < 4.78 is 27.3. The van der Waals surface area contributed by atoms with Gasteiger partial charge in [-0.3, -0.25) is 4.79 Å². The van der Waals surface area contributed by atoms with Crippen molar-refractivity contribution in [1.29, 1.82) is 0 Å². The Morgan fingerprint density at radius 3 is 2.77 bits per heavy atom. The molecule has 2 unspecified atom stereocenters. The van der Waals surface area contributed by atoms with Crippen molar-refractivity contribution in [2.75, 3.05) is 13.2 Å². The van der Waals surface area contributed by atoms with Crippen LogP contribution >= 0.6 is 11.3 Å². The number of nitrogens with zero attached hydrogens (tertiary/aromatic N) is 1. The Labute approximate surface area is 177 Å². The Hall–Kier alpha value is -2.71. The van der Waals surface area contributed by atoms with E-state index >= 15 is 0 Å². The fourth-order valence-electron chi connectivity index (χ4n) is 3.62. The van der Waals surface area contributed by atoms with Gasteiger partial charge >= 0.3 is 5.97 Å². The summed E-state index contributed by atoms with van der Waals surface area (Å²) in [6.45, 7) is 3.03. The third-order valence-corrected chi connectivity index (χ3v) is 6.21. The molecule has 0 spiro atoms. The van der Waals surface area contributed by atoms with Crippen molar-refractivity contribution in [3.63, 3.8) is 0 Å². The molecule has 8 heteroatoms. The van der Waals surface area contributed by atoms with Crippen LogP contribution in [0.15, 0.2) is 36.4 Å². The first kappa shape index (κ1) is 20.6. The second kappa shape index (κ2) is 8.57. The van der Waals surface area contributed by atoms with Gasteiger partial charge in [-0.1, -0.05) is 12.1 Å². The minimum absolute atomic E-state index is 0.0404. The fraction of sp³-hybridized carbons (Fsp3) is 0.364. The van der Waals surface area contributed by atoms with Crippen molar-refractivity contribution >= 4 is 33.4 Å². The average Bonchev–Trinajstić information content (AvgIpc) is 3.43. The zero-order valence-electron chi connectivity index (χ0n) is 16.8. The van der Waals surface area contributed by atoms with Crippen LogP contribution in [0.4, 0.5) is 4.39 Å². The summed E-state index contributed by atoms with van der Waals surface area (Å²) in [6.07, 6.45) is 0.609. The van der Waals surface area contributed by atoms with E-state index in [4.69, 9.17) is 9.47 Å². The fourth-order valence-corrected chi connectivity index (χ4v) is 4.61. The van der Waals surface area contributed by atoms with Crippen LogP contribution in [-0.2, 0) is 21.3 Å². The van der Waals surface area contributed by atoms with Crippen LogP contribution in [0.25, 0.3) is 10.2 Å². The maximum Gasteiger partial charge on any atom is 0.356 e. The Kier molecular flexibility index (Phi) is 5.87. The number of hydrogen-bond acceptors (Lipinski definition) is 5. The largest absolute Gasteiger partial charge is 0.443 e. The van der Waals surface area contributed by atoms with Crippen molar-refractivity contribution in [2.45, 2.75) is 32.0 Å². The Bertz CT molecular complexity index is 1070. The molecule has 158 valence electrons. The highest BCUT2D eigenvalue weighted by Gasteiger charge is 2.28. The number of thiophene rings is 1. The summed E-state index contributed by atoms with van der Waals surface area (Å²) in [5, 5.41) is 2.80. The van der Waals surface area contributed by atoms with Crippen molar-refractivity contribution in [3.05, 3.63) is 58.3 Å². The van der Waals surface area contributed by atoms with Crippen LogP contribution in [0, 0.1) is 12.7 Å². The summed E-state index contributed by atoms with van der Waals surface area (Å²) in [7, 11) is 1.79. The summed E-state index contributed by atoms with van der Waals surface area (Å²) in [4.78, 5) is 26.9. The normalized spacial score (nSPS) is 17.2. The van der Waals surface area contributed by atoms with Gasteiger partial charge in [0.25, 0.3) is 5.91 Å². The van der Waals surface area contributed by atoms with E-state index in [1.54, 1.807) is 29.0 Å². The molecular weight excluding hydrogens is 407 g/mol. The number of aryl methyl sites for hydroxylation is 2. The number of fused-ring (bicyclic) bond motifs is 1. The molecule has 1 amide bonds. The molecule has 2 aromatic heterocycles. The van der Waals surface area contributed by atoms with Crippen molar-refractivity contribution < 1.29 is 23.5 Å². The first-order chi connectivity index (χ1) is 14.4. The molecule has 1 aliphatic heterocycles. The highest BCUT2D eigenvalue weighted by Crippen LogP contribution is 2.29. The molecule has 1 saturated heterocycles. The van der Waals surface area contributed by atoms with E-state index in [9.17, 15) is 14.0 Å². The van der Waals surface area contributed by atoms with Gasteiger partial charge in [0, 0.05) is 30.6 Å². The lowest BCUT2D eigenvalue weighted by atomic mass is 10.1. The highest BCUT2D eigenvalue weighted by molar-refractivity contribution is 7.19. The molecule has 2 atom stereocenters. The van der Waals surface area contributed by atoms with E-state index in [1.807, 2.05) is 13.0 Å². The number of carbonyl (C=O) groups is 2. The highest BCUT2D eigenvalue weighted by atomic mass is 32.1. The van der Waals surface area contributed by atoms with Gasteiger partial charge in [0.2, 0.25) is 6.10 Å². The van der Waals surface area contributed by atoms with Gasteiger partial charge in [0.15, 0.2) is 0 Å². The van der Waals surface area contributed by atoms with Gasteiger partial charge in [-0.25, -0.2) is 9.18 Å². The Morgan fingerprint density at radius 1 is 1.33 bits per heavy atom. The van der Waals surface area contributed by atoms with Crippen LogP contribution in [0.1, 0.15) is 39.9 Å².